The number of hydrogen-bond acceptors (Lipinski definition) is 3. The van der Waals surface area contributed by atoms with E-state index in [4.69, 9.17) is 4.74 Å². The summed E-state index contributed by atoms with van der Waals surface area (Å²) >= 11 is 0. The van der Waals surface area contributed by atoms with Crippen LogP contribution < -0.4 is 15.4 Å². The highest BCUT2D eigenvalue weighted by molar-refractivity contribution is 5.99. The van der Waals surface area contributed by atoms with Crippen molar-refractivity contribution in [1.82, 2.24) is 5.32 Å². The fraction of sp³-hybridized carbons (Fsp3) is 0.364. The van der Waals surface area contributed by atoms with Crippen LogP contribution in [0.5, 0.6) is 5.75 Å². The Morgan fingerprint density at radius 2 is 1.74 bits per heavy atom. The molecule has 0 aromatic heterocycles. The Bertz CT molecular complexity index is 754. The van der Waals surface area contributed by atoms with E-state index >= 15 is 0 Å². The summed E-state index contributed by atoms with van der Waals surface area (Å²) in [6, 6.07) is 14.6. The number of unbranched alkanes of at least 4 members (excludes halogenated alkanes) is 1. The van der Waals surface area contributed by atoms with Crippen molar-refractivity contribution >= 4 is 17.5 Å². The number of nitrogens with one attached hydrogen (secondary N) is 2. The molecule has 0 radical (unpaired) electrons. The number of benzene rings is 2. The lowest BCUT2D eigenvalue weighted by Crippen LogP contribution is -2.33. The Kier molecular flexibility index (Phi) is 7.86. The molecule has 0 saturated heterocycles. The molecular formula is C22H28N2O3. The average molecular weight is 368 g/mol. The molecule has 0 aliphatic rings. The van der Waals surface area contributed by atoms with Gasteiger partial charge in [0.1, 0.15) is 5.75 Å². The van der Waals surface area contributed by atoms with Gasteiger partial charge in [-0.25, -0.2) is 0 Å². The quantitative estimate of drug-likeness (QED) is 0.646. The molecule has 2 amide bonds. The molecule has 0 heterocycles. The standard InChI is InChI=1S/C22H28N2O3/c1-4-5-14-27-18-12-10-17(11-13-18)22(26)23-15-21(25)24-20-9-7-6-8-19(20)16(2)3/h6-13,16H,4-5,14-15H2,1-3H3,(H,23,26)(H,24,25). The lowest BCUT2D eigenvalue weighted by atomic mass is 10.0. The molecule has 2 aromatic carbocycles. The lowest BCUT2D eigenvalue weighted by molar-refractivity contribution is -0.115. The first-order valence-corrected chi connectivity index (χ1v) is 9.41. The number of carbonyl (C=O) groups is 2. The number of hydrogen-bond donors (Lipinski definition) is 2. The Morgan fingerprint density at radius 3 is 2.41 bits per heavy atom. The maximum absolute atomic E-state index is 12.2. The lowest BCUT2D eigenvalue weighted by Gasteiger charge is -2.14. The van der Waals surface area contributed by atoms with Crippen LogP contribution in [0.3, 0.4) is 0 Å². The van der Waals surface area contributed by atoms with Crippen molar-refractivity contribution in [1.29, 1.82) is 0 Å². The zero-order valence-electron chi connectivity index (χ0n) is 16.2. The van der Waals surface area contributed by atoms with Crippen molar-refractivity contribution in [3.8, 4) is 5.75 Å². The zero-order chi connectivity index (χ0) is 19.6. The highest BCUT2D eigenvalue weighted by Crippen LogP contribution is 2.23. The topological polar surface area (TPSA) is 67.4 Å². The molecule has 27 heavy (non-hydrogen) atoms. The first kappa shape index (κ1) is 20.5. The van der Waals surface area contributed by atoms with Crippen molar-refractivity contribution in [2.45, 2.75) is 39.5 Å². The molecule has 0 aliphatic heterocycles. The molecule has 144 valence electrons. The van der Waals surface area contributed by atoms with Crippen LogP contribution in [0.4, 0.5) is 5.69 Å². The highest BCUT2D eigenvalue weighted by atomic mass is 16.5. The second kappa shape index (κ2) is 10.4. The van der Waals surface area contributed by atoms with Crippen LogP contribution in [0.25, 0.3) is 0 Å². The van der Waals surface area contributed by atoms with E-state index in [0.29, 0.717) is 18.1 Å². The molecular weight excluding hydrogens is 340 g/mol. The maximum atomic E-state index is 12.2. The summed E-state index contributed by atoms with van der Waals surface area (Å²) in [6.45, 7) is 6.83. The maximum Gasteiger partial charge on any atom is 0.251 e. The molecule has 5 nitrogen and oxygen atoms in total. The number of anilines is 1. The third-order valence-corrected chi connectivity index (χ3v) is 4.15. The Labute approximate surface area is 161 Å². The highest BCUT2D eigenvalue weighted by Gasteiger charge is 2.11. The first-order valence-electron chi connectivity index (χ1n) is 9.41. The minimum Gasteiger partial charge on any atom is -0.494 e. The predicted molar refractivity (Wildman–Crippen MR) is 108 cm³/mol. The molecule has 0 saturated carbocycles. The summed E-state index contributed by atoms with van der Waals surface area (Å²) in [5.41, 5.74) is 2.34. The van der Waals surface area contributed by atoms with E-state index in [1.165, 1.54) is 0 Å². The summed E-state index contributed by atoms with van der Waals surface area (Å²) in [6.07, 6.45) is 2.07. The van der Waals surface area contributed by atoms with E-state index in [1.54, 1.807) is 24.3 Å². The molecule has 0 bridgehead atoms. The molecule has 2 N–H and O–H groups in total. The van der Waals surface area contributed by atoms with Gasteiger partial charge in [0.2, 0.25) is 5.91 Å². The minimum absolute atomic E-state index is 0.0833. The fourth-order valence-corrected chi connectivity index (χ4v) is 2.61. The van der Waals surface area contributed by atoms with Crippen LogP contribution in [0.1, 0.15) is 55.5 Å². The predicted octanol–water partition coefficient (Wildman–Crippen LogP) is 4.36. The number of carbonyl (C=O) groups excluding carboxylic acids is 2. The van der Waals surface area contributed by atoms with Gasteiger partial charge in [-0.2, -0.15) is 0 Å². The van der Waals surface area contributed by atoms with Gasteiger partial charge in [0, 0.05) is 11.3 Å². The molecule has 0 spiro atoms. The van der Waals surface area contributed by atoms with Gasteiger partial charge in [0.05, 0.1) is 13.2 Å². The Morgan fingerprint density at radius 1 is 1.04 bits per heavy atom. The molecule has 2 rings (SSSR count). The molecule has 0 unspecified atom stereocenters. The average Bonchev–Trinajstić information content (AvgIpc) is 2.67. The van der Waals surface area contributed by atoms with Gasteiger partial charge in [-0.05, 0) is 48.2 Å². The summed E-state index contributed by atoms with van der Waals surface area (Å²) in [5, 5.41) is 5.51. The van der Waals surface area contributed by atoms with Crippen molar-refractivity contribution in [2.24, 2.45) is 0 Å². The third-order valence-electron chi connectivity index (χ3n) is 4.15. The van der Waals surface area contributed by atoms with Crippen molar-refractivity contribution in [2.75, 3.05) is 18.5 Å². The largest absolute Gasteiger partial charge is 0.494 e. The van der Waals surface area contributed by atoms with E-state index < -0.39 is 0 Å². The van der Waals surface area contributed by atoms with Crippen molar-refractivity contribution in [3.63, 3.8) is 0 Å². The van der Waals surface area contributed by atoms with Gasteiger partial charge in [0.15, 0.2) is 0 Å². The van der Waals surface area contributed by atoms with Crippen molar-refractivity contribution in [3.05, 3.63) is 59.7 Å². The van der Waals surface area contributed by atoms with Crippen LogP contribution >= 0.6 is 0 Å². The van der Waals surface area contributed by atoms with E-state index in [-0.39, 0.29) is 18.4 Å². The van der Waals surface area contributed by atoms with Crippen LogP contribution in [-0.4, -0.2) is 25.0 Å². The van der Waals surface area contributed by atoms with Gasteiger partial charge in [-0.1, -0.05) is 45.4 Å². The molecule has 5 heteroatoms. The first-order chi connectivity index (χ1) is 13.0. The van der Waals surface area contributed by atoms with Gasteiger partial charge < -0.3 is 15.4 Å². The van der Waals surface area contributed by atoms with Crippen molar-refractivity contribution < 1.29 is 14.3 Å². The van der Waals surface area contributed by atoms with Gasteiger partial charge in [-0.3, -0.25) is 9.59 Å². The van der Waals surface area contributed by atoms with E-state index in [1.807, 2.05) is 24.3 Å². The number of para-hydroxylation sites is 1. The van der Waals surface area contributed by atoms with E-state index in [9.17, 15) is 9.59 Å². The number of amides is 2. The Balaban J connectivity index is 1.85. The zero-order valence-corrected chi connectivity index (χ0v) is 16.2. The third kappa shape index (κ3) is 6.44. The second-order valence-electron chi connectivity index (χ2n) is 6.70. The molecule has 0 aliphatic carbocycles. The van der Waals surface area contributed by atoms with Gasteiger partial charge >= 0.3 is 0 Å². The normalized spacial score (nSPS) is 10.5. The van der Waals surface area contributed by atoms with E-state index in [2.05, 4.69) is 31.4 Å². The molecule has 0 fully saturated rings. The Hall–Kier alpha value is -2.82. The summed E-state index contributed by atoms with van der Waals surface area (Å²) in [7, 11) is 0. The smallest absolute Gasteiger partial charge is 0.251 e. The van der Waals surface area contributed by atoms with Crippen LogP contribution in [0.2, 0.25) is 0 Å². The fourth-order valence-electron chi connectivity index (χ4n) is 2.61. The van der Waals surface area contributed by atoms with Crippen LogP contribution in [-0.2, 0) is 4.79 Å². The summed E-state index contributed by atoms with van der Waals surface area (Å²) in [4.78, 5) is 24.4. The number of ether oxygens (including phenoxy) is 1. The summed E-state index contributed by atoms with van der Waals surface area (Å²) in [5.74, 6) is 0.496. The van der Waals surface area contributed by atoms with E-state index in [0.717, 1.165) is 29.8 Å². The van der Waals surface area contributed by atoms with Gasteiger partial charge in [-0.15, -0.1) is 0 Å². The molecule has 2 aromatic rings. The van der Waals surface area contributed by atoms with Crippen LogP contribution in [0, 0.1) is 0 Å². The summed E-state index contributed by atoms with van der Waals surface area (Å²) < 4.78 is 5.58. The monoisotopic (exact) mass is 368 g/mol. The van der Waals surface area contributed by atoms with Crippen LogP contribution in [0.15, 0.2) is 48.5 Å². The number of rotatable bonds is 9. The second-order valence-corrected chi connectivity index (χ2v) is 6.70. The SMILES string of the molecule is CCCCOc1ccc(C(=O)NCC(=O)Nc2ccccc2C(C)C)cc1. The van der Waals surface area contributed by atoms with Gasteiger partial charge in [0.25, 0.3) is 5.91 Å². The molecule has 0 atom stereocenters. The minimum atomic E-state index is -0.289.